The molecule has 2 aromatic rings. The molecule has 110 valence electrons. The van der Waals surface area contributed by atoms with Crippen LogP contribution in [0.15, 0.2) is 34.9 Å². The van der Waals surface area contributed by atoms with Crippen LogP contribution in [0.25, 0.3) is 0 Å². The molecule has 21 heavy (non-hydrogen) atoms. The van der Waals surface area contributed by atoms with Crippen LogP contribution in [-0.2, 0) is 6.54 Å². The molecular weight excluding hydrogens is 345 g/mol. The summed E-state index contributed by atoms with van der Waals surface area (Å²) in [6, 6.07) is 5.37. The molecular formula is C13H11BrFN3O3. The van der Waals surface area contributed by atoms with E-state index in [1.165, 1.54) is 22.9 Å². The fourth-order valence-corrected chi connectivity index (χ4v) is 2.16. The van der Waals surface area contributed by atoms with E-state index in [0.717, 1.165) is 6.07 Å². The van der Waals surface area contributed by atoms with E-state index in [4.69, 9.17) is 0 Å². The number of benzene rings is 1. The predicted octanol–water partition coefficient (Wildman–Crippen LogP) is 3.57. The zero-order chi connectivity index (χ0) is 15.6. The molecule has 1 aromatic carbocycles. The van der Waals surface area contributed by atoms with Crippen LogP contribution in [0.2, 0.25) is 0 Å². The van der Waals surface area contributed by atoms with Crippen LogP contribution < -0.4 is 5.32 Å². The number of rotatable bonds is 4. The molecule has 8 heteroatoms. The molecule has 0 aliphatic carbocycles. The van der Waals surface area contributed by atoms with Crippen LogP contribution in [0.1, 0.15) is 17.4 Å². The van der Waals surface area contributed by atoms with E-state index in [2.05, 4.69) is 21.2 Å². The van der Waals surface area contributed by atoms with Gasteiger partial charge in [-0.2, -0.15) is 0 Å². The molecule has 0 saturated carbocycles. The van der Waals surface area contributed by atoms with Crippen molar-refractivity contribution in [1.82, 2.24) is 4.57 Å². The van der Waals surface area contributed by atoms with Crippen molar-refractivity contribution in [3.05, 3.63) is 56.6 Å². The summed E-state index contributed by atoms with van der Waals surface area (Å²) in [6.45, 7) is 2.14. The first-order chi connectivity index (χ1) is 9.92. The predicted molar refractivity (Wildman–Crippen MR) is 78.8 cm³/mol. The first-order valence-electron chi connectivity index (χ1n) is 6.03. The minimum absolute atomic E-state index is 0.00899. The Morgan fingerprint density at radius 3 is 2.76 bits per heavy atom. The second-order valence-corrected chi connectivity index (χ2v) is 5.12. The lowest BCUT2D eigenvalue weighted by Gasteiger charge is -2.08. The fraction of sp³-hybridized carbons (Fsp3) is 0.154. The number of anilines is 1. The molecule has 0 aliphatic rings. The summed E-state index contributed by atoms with van der Waals surface area (Å²) in [4.78, 5) is 22.3. The summed E-state index contributed by atoms with van der Waals surface area (Å²) in [6.07, 6.45) is 1.27. The zero-order valence-corrected chi connectivity index (χ0v) is 12.6. The van der Waals surface area contributed by atoms with Gasteiger partial charge in [-0.15, -0.1) is 0 Å². The minimum Gasteiger partial charge on any atom is -0.337 e. The van der Waals surface area contributed by atoms with Gasteiger partial charge in [0.05, 0.1) is 16.8 Å². The van der Waals surface area contributed by atoms with Gasteiger partial charge in [-0.25, -0.2) is 4.39 Å². The van der Waals surface area contributed by atoms with Gasteiger partial charge in [0.2, 0.25) is 0 Å². The van der Waals surface area contributed by atoms with Crippen molar-refractivity contribution in [1.29, 1.82) is 0 Å². The van der Waals surface area contributed by atoms with E-state index in [0.29, 0.717) is 11.0 Å². The van der Waals surface area contributed by atoms with Gasteiger partial charge in [-0.1, -0.05) is 15.9 Å². The van der Waals surface area contributed by atoms with Gasteiger partial charge in [-0.05, 0) is 25.1 Å². The Morgan fingerprint density at radius 1 is 1.48 bits per heavy atom. The molecule has 0 fully saturated rings. The number of aromatic nitrogens is 1. The van der Waals surface area contributed by atoms with Crippen LogP contribution in [0, 0.1) is 15.9 Å². The summed E-state index contributed by atoms with van der Waals surface area (Å²) in [5, 5.41) is 13.2. The van der Waals surface area contributed by atoms with Crippen molar-refractivity contribution in [3.8, 4) is 0 Å². The van der Waals surface area contributed by atoms with Crippen molar-refractivity contribution in [3.63, 3.8) is 0 Å². The maximum atomic E-state index is 13.7. The van der Waals surface area contributed by atoms with Crippen molar-refractivity contribution in [2.24, 2.45) is 0 Å². The third kappa shape index (κ3) is 3.27. The molecule has 0 saturated heterocycles. The van der Waals surface area contributed by atoms with E-state index in [-0.39, 0.29) is 17.1 Å². The lowest BCUT2D eigenvalue weighted by atomic mass is 10.3. The van der Waals surface area contributed by atoms with Gasteiger partial charge in [0.25, 0.3) is 11.6 Å². The van der Waals surface area contributed by atoms with E-state index >= 15 is 0 Å². The summed E-state index contributed by atoms with van der Waals surface area (Å²) in [7, 11) is 0. The van der Waals surface area contributed by atoms with Crippen LogP contribution in [-0.4, -0.2) is 15.4 Å². The quantitative estimate of drug-likeness (QED) is 0.672. The number of aryl methyl sites for hydroxylation is 1. The Labute approximate surface area is 127 Å². The highest BCUT2D eigenvalue weighted by molar-refractivity contribution is 9.10. The lowest BCUT2D eigenvalue weighted by Crippen LogP contribution is -2.17. The minimum atomic E-state index is -0.605. The van der Waals surface area contributed by atoms with Crippen LogP contribution in [0.3, 0.4) is 0 Å². The van der Waals surface area contributed by atoms with Crippen LogP contribution in [0.4, 0.5) is 15.8 Å². The van der Waals surface area contributed by atoms with Crippen molar-refractivity contribution >= 4 is 33.2 Å². The topological polar surface area (TPSA) is 77.2 Å². The number of carbonyl (C=O) groups is 1. The third-order valence-electron chi connectivity index (χ3n) is 2.85. The number of hydrogen-bond acceptors (Lipinski definition) is 3. The molecule has 1 amide bonds. The molecule has 0 bridgehead atoms. The molecule has 0 radical (unpaired) electrons. The Morgan fingerprint density at radius 2 is 2.19 bits per heavy atom. The summed E-state index contributed by atoms with van der Waals surface area (Å²) in [5.41, 5.74) is -0.0699. The number of hydrogen-bond donors (Lipinski definition) is 1. The average Bonchev–Trinajstić information content (AvgIpc) is 2.86. The van der Waals surface area contributed by atoms with E-state index < -0.39 is 16.6 Å². The third-order valence-corrected chi connectivity index (χ3v) is 3.34. The molecule has 1 N–H and O–H groups in total. The highest BCUT2D eigenvalue weighted by Crippen LogP contribution is 2.22. The normalized spacial score (nSPS) is 10.4. The largest absolute Gasteiger partial charge is 0.337 e. The lowest BCUT2D eigenvalue weighted by molar-refractivity contribution is -0.384. The number of nitrogens with one attached hydrogen (secondary N) is 1. The maximum Gasteiger partial charge on any atom is 0.287 e. The molecule has 1 aromatic heterocycles. The fourth-order valence-electron chi connectivity index (χ4n) is 1.82. The standard InChI is InChI=1S/C13H11BrFN3O3/c1-2-17-7-9(18(20)21)6-12(17)13(19)16-11-4-3-8(14)5-10(11)15/h3-7H,2H2,1H3,(H,16,19). The zero-order valence-electron chi connectivity index (χ0n) is 11.0. The number of nitro groups is 1. The molecule has 0 spiro atoms. The number of amides is 1. The highest BCUT2D eigenvalue weighted by atomic mass is 79.9. The first kappa shape index (κ1) is 15.2. The molecule has 0 atom stereocenters. The van der Waals surface area contributed by atoms with E-state index in [1.54, 1.807) is 13.0 Å². The van der Waals surface area contributed by atoms with Gasteiger partial charge in [-0.3, -0.25) is 14.9 Å². The Hall–Kier alpha value is -2.22. The Kier molecular flexibility index (Phi) is 4.37. The Balaban J connectivity index is 2.29. The maximum absolute atomic E-state index is 13.7. The van der Waals surface area contributed by atoms with Gasteiger partial charge in [0.15, 0.2) is 0 Å². The second-order valence-electron chi connectivity index (χ2n) is 4.20. The average molecular weight is 356 g/mol. The number of halogens is 2. The SMILES string of the molecule is CCn1cc([N+](=O)[O-])cc1C(=O)Nc1ccc(Br)cc1F. The summed E-state index contributed by atoms with van der Waals surface area (Å²) in [5.74, 6) is -1.20. The smallest absolute Gasteiger partial charge is 0.287 e. The summed E-state index contributed by atoms with van der Waals surface area (Å²) < 4.78 is 15.7. The van der Waals surface area contributed by atoms with E-state index in [9.17, 15) is 19.3 Å². The molecule has 1 heterocycles. The summed E-state index contributed by atoms with van der Waals surface area (Å²) >= 11 is 3.12. The molecule has 0 aliphatic heterocycles. The van der Waals surface area contributed by atoms with Crippen molar-refractivity contribution in [2.75, 3.05) is 5.32 Å². The van der Waals surface area contributed by atoms with Gasteiger partial charge >= 0.3 is 0 Å². The number of nitrogens with zero attached hydrogens (tertiary/aromatic N) is 2. The van der Waals surface area contributed by atoms with E-state index in [1.807, 2.05) is 0 Å². The van der Waals surface area contributed by atoms with Crippen molar-refractivity contribution < 1.29 is 14.1 Å². The van der Waals surface area contributed by atoms with Crippen molar-refractivity contribution in [2.45, 2.75) is 13.5 Å². The van der Waals surface area contributed by atoms with Gasteiger partial charge in [0, 0.05) is 17.1 Å². The first-order valence-corrected chi connectivity index (χ1v) is 6.82. The monoisotopic (exact) mass is 355 g/mol. The molecule has 0 unspecified atom stereocenters. The van der Waals surface area contributed by atoms with Crippen LogP contribution >= 0.6 is 15.9 Å². The van der Waals surface area contributed by atoms with Gasteiger partial charge < -0.3 is 9.88 Å². The van der Waals surface area contributed by atoms with Gasteiger partial charge in [0.1, 0.15) is 11.5 Å². The highest BCUT2D eigenvalue weighted by Gasteiger charge is 2.19. The second kappa shape index (κ2) is 6.04. The van der Waals surface area contributed by atoms with Crippen LogP contribution in [0.5, 0.6) is 0 Å². The molecule has 2 rings (SSSR count). The Bertz CT molecular complexity index is 715. The number of carbonyl (C=O) groups excluding carboxylic acids is 1. The molecule has 6 nitrogen and oxygen atoms in total.